The fourth-order valence-corrected chi connectivity index (χ4v) is 1.55. The van der Waals surface area contributed by atoms with Crippen LogP contribution in [0, 0.1) is 6.07 Å². The van der Waals surface area contributed by atoms with Gasteiger partial charge in [0, 0.05) is 12.4 Å². The van der Waals surface area contributed by atoms with Gasteiger partial charge in [0.15, 0.2) is 0 Å². The number of rotatable bonds is 5. The second-order valence-electron chi connectivity index (χ2n) is 2.71. The van der Waals surface area contributed by atoms with Gasteiger partial charge in [-0.15, -0.1) is 0 Å². The van der Waals surface area contributed by atoms with Gasteiger partial charge in [-0.2, -0.15) is 11.8 Å². The van der Waals surface area contributed by atoms with Crippen molar-refractivity contribution in [2.45, 2.75) is 19.3 Å². The number of nitrogens with zero attached hydrogens (tertiary/aromatic N) is 1. The van der Waals surface area contributed by atoms with Gasteiger partial charge in [0.25, 0.3) is 0 Å². The van der Waals surface area contributed by atoms with Gasteiger partial charge in [0.1, 0.15) is 0 Å². The fraction of sp³-hybridized carbons (Fsp3) is 0.500. The van der Waals surface area contributed by atoms with Crippen LogP contribution in [0.25, 0.3) is 0 Å². The van der Waals surface area contributed by atoms with Gasteiger partial charge in [-0.3, -0.25) is 4.98 Å². The molecule has 1 nitrogen and oxygen atoms in total. The molecular weight excluding hydrogens is 166 g/mol. The van der Waals surface area contributed by atoms with Crippen LogP contribution in [0.15, 0.2) is 18.5 Å². The molecule has 0 atom stereocenters. The van der Waals surface area contributed by atoms with Crippen LogP contribution in [0.4, 0.5) is 0 Å². The highest BCUT2D eigenvalue weighted by Crippen LogP contribution is 2.05. The maximum atomic E-state index is 4.05. The van der Waals surface area contributed by atoms with Crippen molar-refractivity contribution in [3.8, 4) is 0 Å². The average Bonchev–Trinajstić information content (AvgIpc) is 2.14. The molecule has 0 spiro atoms. The molecule has 0 aliphatic heterocycles. The lowest BCUT2D eigenvalue weighted by atomic mass is 10.1. The monoisotopic (exact) mass is 180 g/mol. The molecule has 1 aromatic rings. The van der Waals surface area contributed by atoms with Gasteiger partial charge in [0.2, 0.25) is 0 Å². The first-order chi connectivity index (χ1) is 5.93. The SMILES string of the molecule is CSCCCCc1[c]ccnc1. The Morgan fingerprint density at radius 2 is 2.42 bits per heavy atom. The summed E-state index contributed by atoms with van der Waals surface area (Å²) in [5, 5.41) is 0. The summed E-state index contributed by atoms with van der Waals surface area (Å²) in [6, 6.07) is 5.05. The third-order valence-electron chi connectivity index (χ3n) is 1.70. The predicted molar refractivity (Wildman–Crippen MR) is 54.4 cm³/mol. The lowest BCUT2D eigenvalue weighted by molar-refractivity contribution is 0.799. The van der Waals surface area contributed by atoms with E-state index in [9.17, 15) is 0 Å². The minimum atomic E-state index is 1.12. The highest BCUT2D eigenvalue weighted by Gasteiger charge is 1.91. The highest BCUT2D eigenvalue weighted by molar-refractivity contribution is 7.98. The quantitative estimate of drug-likeness (QED) is 0.646. The van der Waals surface area contributed by atoms with E-state index < -0.39 is 0 Å². The average molecular weight is 180 g/mol. The minimum Gasteiger partial charge on any atom is -0.264 e. The lowest BCUT2D eigenvalue weighted by Gasteiger charge is -1.98. The molecule has 0 unspecified atom stereocenters. The van der Waals surface area contributed by atoms with Crippen molar-refractivity contribution in [2.24, 2.45) is 0 Å². The van der Waals surface area contributed by atoms with Crippen molar-refractivity contribution < 1.29 is 0 Å². The van der Waals surface area contributed by atoms with Crippen molar-refractivity contribution in [2.75, 3.05) is 12.0 Å². The van der Waals surface area contributed by atoms with Gasteiger partial charge in [-0.25, -0.2) is 0 Å². The molecule has 0 saturated carbocycles. The molecule has 2 heteroatoms. The minimum absolute atomic E-state index is 1.12. The van der Waals surface area contributed by atoms with Gasteiger partial charge >= 0.3 is 0 Å². The Bertz CT molecular complexity index is 198. The van der Waals surface area contributed by atoms with E-state index in [-0.39, 0.29) is 0 Å². The fourth-order valence-electron chi connectivity index (χ4n) is 1.06. The third-order valence-corrected chi connectivity index (χ3v) is 2.40. The first-order valence-electron chi connectivity index (χ1n) is 4.23. The van der Waals surface area contributed by atoms with Crippen molar-refractivity contribution in [3.05, 3.63) is 30.1 Å². The number of aryl methyl sites for hydroxylation is 1. The van der Waals surface area contributed by atoms with E-state index in [4.69, 9.17) is 0 Å². The standard InChI is InChI=1S/C10H14NS/c1-12-8-3-2-5-10-6-4-7-11-9-10/h4,7,9H,2-3,5,8H2,1H3. The molecule has 0 aromatic carbocycles. The molecule has 1 aromatic heterocycles. The highest BCUT2D eigenvalue weighted by atomic mass is 32.2. The normalized spacial score (nSPS) is 10.1. The van der Waals surface area contributed by atoms with Gasteiger partial charge in [-0.1, -0.05) is 0 Å². The molecule has 1 rings (SSSR count). The Kier molecular flexibility index (Phi) is 4.85. The maximum absolute atomic E-state index is 4.05. The van der Waals surface area contributed by atoms with Crippen LogP contribution in [0.5, 0.6) is 0 Å². The van der Waals surface area contributed by atoms with Crippen LogP contribution in [-0.2, 0) is 6.42 Å². The van der Waals surface area contributed by atoms with Gasteiger partial charge in [-0.05, 0) is 49.0 Å². The van der Waals surface area contributed by atoms with Crippen LogP contribution in [-0.4, -0.2) is 17.0 Å². The summed E-state index contributed by atoms with van der Waals surface area (Å²) in [5.41, 5.74) is 1.23. The van der Waals surface area contributed by atoms with E-state index in [1.807, 2.05) is 24.0 Å². The summed E-state index contributed by atoms with van der Waals surface area (Å²) in [6.45, 7) is 0. The molecule has 0 aliphatic rings. The van der Waals surface area contributed by atoms with Gasteiger partial charge < -0.3 is 0 Å². The number of unbranched alkanes of at least 4 members (excludes halogenated alkanes) is 1. The molecule has 0 bridgehead atoms. The number of hydrogen-bond acceptors (Lipinski definition) is 2. The molecule has 65 valence electrons. The molecule has 0 aliphatic carbocycles. The molecule has 1 heterocycles. The summed E-state index contributed by atoms with van der Waals surface area (Å²) in [5.74, 6) is 1.26. The Morgan fingerprint density at radius 1 is 1.50 bits per heavy atom. The topological polar surface area (TPSA) is 12.9 Å². The van der Waals surface area contributed by atoms with Crippen molar-refractivity contribution in [1.82, 2.24) is 4.98 Å². The van der Waals surface area contributed by atoms with Crippen LogP contribution in [0.1, 0.15) is 18.4 Å². The van der Waals surface area contributed by atoms with Crippen LogP contribution in [0.3, 0.4) is 0 Å². The van der Waals surface area contributed by atoms with E-state index in [0.29, 0.717) is 0 Å². The van der Waals surface area contributed by atoms with Crippen molar-refractivity contribution in [3.63, 3.8) is 0 Å². The Balaban J connectivity index is 2.16. The van der Waals surface area contributed by atoms with E-state index in [1.165, 1.54) is 24.2 Å². The second kappa shape index (κ2) is 6.06. The zero-order valence-corrected chi connectivity index (χ0v) is 8.23. The van der Waals surface area contributed by atoms with Crippen LogP contribution in [0.2, 0.25) is 0 Å². The van der Waals surface area contributed by atoms with E-state index in [0.717, 1.165) is 6.42 Å². The molecule has 0 N–H and O–H groups in total. The Labute approximate surface area is 78.6 Å². The summed E-state index contributed by atoms with van der Waals surface area (Å²) in [6.07, 6.45) is 9.49. The summed E-state index contributed by atoms with van der Waals surface area (Å²) in [7, 11) is 0. The zero-order valence-electron chi connectivity index (χ0n) is 7.42. The number of pyridine rings is 1. The van der Waals surface area contributed by atoms with Crippen LogP contribution >= 0.6 is 11.8 Å². The maximum Gasteiger partial charge on any atom is 0.0306 e. The molecular formula is C10H14NS. The zero-order chi connectivity index (χ0) is 8.65. The summed E-state index contributed by atoms with van der Waals surface area (Å²) in [4.78, 5) is 4.05. The van der Waals surface area contributed by atoms with Crippen molar-refractivity contribution >= 4 is 11.8 Å². The Morgan fingerprint density at radius 3 is 3.08 bits per heavy atom. The van der Waals surface area contributed by atoms with Crippen LogP contribution < -0.4 is 0 Å². The van der Waals surface area contributed by atoms with Crippen molar-refractivity contribution in [1.29, 1.82) is 0 Å². The third kappa shape index (κ3) is 3.77. The molecule has 0 fully saturated rings. The molecule has 1 radical (unpaired) electrons. The number of hydrogen-bond donors (Lipinski definition) is 0. The smallest absolute Gasteiger partial charge is 0.0306 e. The van der Waals surface area contributed by atoms with Gasteiger partial charge in [0.05, 0.1) is 0 Å². The molecule has 0 amide bonds. The molecule has 12 heavy (non-hydrogen) atoms. The molecule has 0 saturated heterocycles. The Hall–Kier alpha value is -0.500. The van der Waals surface area contributed by atoms with E-state index >= 15 is 0 Å². The lowest BCUT2D eigenvalue weighted by Crippen LogP contribution is -1.87. The second-order valence-corrected chi connectivity index (χ2v) is 3.70. The first kappa shape index (κ1) is 9.59. The largest absolute Gasteiger partial charge is 0.264 e. The first-order valence-corrected chi connectivity index (χ1v) is 5.62. The summed E-state index contributed by atoms with van der Waals surface area (Å²) >= 11 is 1.91. The number of thioether (sulfide) groups is 1. The van der Waals surface area contributed by atoms with E-state index in [2.05, 4.69) is 17.3 Å². The number of aromatic nitrogens is 1. The summed E-state index contributed by atoms with van der Waals surface area (Å²) < 4.78 is 0. The van der Waals surface area contributed by atoms with E-state index in [1.54, 1.807) is 6.20 Å². The predicted octanol–water partition coefficient (Wildman–Crippen LogP) is 2.57.